The van der Waals surface area contributed by atoms with E-state index in [-0.39, 0.29) is 33.1 Å². The van der Waals surface area contributed by atoms with Gasteiger partial charge in [-0.15, -0.1) is 0 Å². The Bertz CT molecular complexity index is 1480. The molecule has 4 saturated carbocycles. The standard InChI is InChI=1S/C43H71NO4Si2/c1-29(17-22-38(45)43(24-25-43)39-44-30(2)28-46-39)35-20-21-36-32(16-15-23-42(35,36)10)18-19-33-26-34(47-49(11,12)40(4,5)6)27-37(31(33)3)48-50(13,14)41(7,8)9/h17-19,22,28-29,34-38,45H,3,15-16,20-21,23-27H2,1-2,4-14H3/b22-17+,32-18+,33-19-/t29-,34-,35-,36+,37+,38-,42-/m1/s1. The van der Waals surface area contributed by atoms with Gasteiger partial charge in [-0.1, -0.05) is 91.8 Å². The molecule has 0 aromatic carbocycles. The summed E-state index contributed by atoms with van der Waals surface area (Å²) in [5.74, 6) is 2.29. The van der Waals surface area contributed by atoms with Gasteiger partial charge in [-0.2, -0.15) is 0 Å². The largest absolute Gasteiger partial charge is 0.448 e. The lowest BCUT2D eigenvalue weighted by molar-refractivity contribution is 0.0969. The van der Waals surface area contributed by atoms with E-state index in [0.29, 0.717) is 23.6 Å². The van der Waals surface area contributed by atoms with Gasteiger partial charge >= 0.3 is 0 Å². The summed E-state index contributed by atoms with van der Waals surface area (Å²) < 4.78 is 19.9. The van der Waals surface area contributed by atoms with Gasteiger partial charge in [0.15, 0.2) is 16.6 Å². The van der Waals surface area contributed by atoms with Gasteiger partial charge in [0.25, 0.3) is 0 Å². The molecule has 1 aromatic heterocycles. The summed E-state index contributed by atoms with van der Waals surface area (Å²) in [6, 6.07) is 0. The molecule has 1 aromatic rings. The summed E-state index contributed by atoms with van der Waals surface area (Å²) >= 11 is 0. The molecule has 0 radical (unpaired) electrons. The van der Waals surface area contributed by atoms with E-state index in [4.69, 9.17) is 19.8 Å². The summed E-state index contributed by atoms with van der Waals surface area (Å²) in [6.07, 6.45) is 20.4. The van der Waals surface area contributed by atoms with Crippen LogP contribution >= 0.6 is 0 Å². The van der Waals surface area contributed by atoms with E-state index in [2.05, 4.69) is 111 Å². The van der Waals surface area contributed by atoms with Crippen molar-refractivity contribution in [2.45, 2.75) is 180 Å². The molecule has 5 rings (SSSR count). The number of aromatic nitrogens is 1. The number of oxazole rings is 1. The Kier molecular flexibility index (Phi) is 11.1. The topological polar surface area (TPSA) is 64.7 Å². The minimum absolute atomic E-state index is 0.00176. The fourth-order valence-electron chi connectivity index (χ4n) is 8.86. The molecule has 1 heterocycles. The van der Waals surface area contributed by atoms with E-state index in [1.165, 1.54) is 37.7 Å². The average Bonchev–Trinajstić information content (AvgIpc) is 3.56. The Labute approximate surface area is 307 Å². The number of nitrogens with zero attached hydrogens (tertiary/aromatic N) is 1. The predicted molar refractivity (Wildman–Crippen MR) is 213 cm³/mol. The van der Waals surface area contributed by atoms with Gasteiger partial charge in [0, 0.05) is 6.42 Å². The van der Waals surface area contributed by atoms with Crippen LogP contribution < -0.4 is 0 Å². The first kappa shape index (κ1) is 39.7. The molecule has 1 N–H and O–H groups in total. The molecule has 50 heavy (non-hydrogen) atoms. The summed E-state index contributed by atoms with van der Waals surface area (Å²) in [6.45, 7) is 35.0. The molecule has 4 aliphatic rings. The van der Waals surface area contributed by atoms with Crippen LogP contribution in [0.2, 0.25) is 36.3 Å². The van der Waals surface area contributed by atoms with Gasteiger partial charge < -0.3 is 18.4 Å². The smallest absolute Gasteiger partial charge is 0.203 e. The Balaban J connectivity index is 1.34. The van der Waals surface area contributed by atoms with Crippen molar-refractivity contribution >= 4 is 16.6 Å². The van der Waals surface area contributed by atoms with E-state index < -0.39 is 22.7 Å². The molecule has 0 saturated heterocycles. The number of hydrogen-bond donors (Lipinski definition) is 1. The lowest BCUT2D eigenvalue weighted by atomic mass is 9.61. The third-order valence-corrected chi connectivity index (χ3v) is 23.4. The van der Waals surface area contributed by atoms with Crippen LogP contribution in [0.1, 0.15) is 125 Å². The lowest BCUT2D eigenvalue weighted by Crippen LogP contribution is -2.49. The number of aryl methyl sites for hydroxylation is 1. The fourth-order valence-corrected chi connectivity index (χ4v) is 11.5. The molecule has 5 nitrogen and oxygen atoms in total. The normalized spacial score (nSPS) is 32.2. The molecule has 4 fully saturated rings. The van der Waals surface area contributed by atoms with Crippen molar-refractivity contribution in [1.82, 2.24) is 4.98 Å². The van der Waals surface area contributed by atoms with Crippen molar-refractivity contribution in [2.75, 3.05) is 0 Å². The zero-order chi connectivity index (χ0) is 37.1. The molecule has 280 valence electrons. The Hall–Kier alpha value is -1.52. The van der Waals surface area contributed by atoms with Gasteiger partial charge in [-0.25, -0.2) is 4.98 Å². The summed E-state index contributed by atoms with van der Waals surface area (Å²) in [5.41, 5.74) is 4.90. The molecule has 0 spiro atoms. The maximum absolute atomic E-state index is 11.3. The molecule has 0 unspecified atom stereocenters. The van der Waals surface area contributed by atoms with Crippen LogP contribution in [0.15, 0.2) is 58.3 Å². The molecule has 0 amide bonds. The van der Waals surface area contributed by atoms with E-state index in [1.807, 2.05) is 6.92 Å². The second-order valence-electron chi connectivity index (χ2n) is 20.0. The highest BCUT2D eigenvalue weighted by Gasteiger charge is 2.54. The van der Waals surface area contributed by atoms with Gasteiger partial charge in [0.05, 0.1) is 29.4 Å². The first-order valence-corrected chi connectivity index (χ1v) is 25.6. The highest BCUT2D eigenvalue weighted by Crippen LogP contribution is 2.60. The molecule has 7 atom stereocenters. The SMILES string of the molecule is C=C1/C(=C\C=C2/CCC[C@]3(C)[C@@H]([C@H](C)/C=C/[C@@H](O)C4(c5nc(C)co5)CC4)CC[C@@H]23)C[C@@H](O[Si](C)(C)C(C)(C)C)C[C@@H]1O[Si](C)(C)C(C)(C)C. The van der Waals surface area contributed by atoms with E-state index in [9.17, 15) is 5.11 Å². The van der Waals surface area contributed by atoms with Crippen LogP contribution in [-0.2, 0) is 14.3 Å². The third-order valence-electron chi connectivity index (χ3n) is 14.4. The number of aliphatic hydroxyl groups excluding tert-OH is 1. The van der Waals surface area contributed by atoms with Gasteiger partial charge in [-0.3, -0.25) is 0 Å². The second kappa shape index (κ2) is 14.0. The maximum atomic E-state index is 11.3. The van der Waals surface area contributed by atoms with E-state index in [0.717, 1.165) is 37.0 Å². The lowest BCUT2D eigenvalue weighted by Gasteiger charge is -2.45. The van der Waals surface area contributed by atoms with Crippen molar-refractivity contribution in [3.63, 3.8) is 0 Å². The number of aliphatic hydroxyl groups is 1. The van der Waals surface area contributed by atoms with Crippen molar-refractivity contribution in [2.24, 2.45) is 23.2 Å². The van der Waals surface area contributed by atoms with Crippen LogP contribution in [0.4, 0.5) is 0 Å². The summed E-state index contributed by atoms with van der Waals surface area (Å²) in [7, 11) is -3.96. The Morgan fingerprint density at radius 1 is 0.980 bits per heavy atom. The number of allylic oxidation sites excluding steroid dienone is 4. The highest BCUT2D eigenvalue weighted by atomic mass is 28.4. The van der Waals surface area contributed by atoms with Crippen LogP contribution in [0, 0.1) is 30.1 Å². The molecule has 7 heteroatoms. The monoisotopic (exact) mass is 721 g/mol. The third kappa shape index (κ3) is 7.88. The fraction of sp³-hybridized carbons (Fsp3) is 0.744. The number of hydrogen-bond acceptors (Lipinski definition) is 5. The van der Waals surface area contributed by atoms with Crippen molar-refractivity contribution in [3.05, 3.63) is 65.5 Å². The molecule has 4 aliphatic carbocycles. The first-order valence-electron chi connectivity index (χ1n) is 19.7. The first-order chi connectivity index (χ1) is 23.0. The van der Waals surface area contributed by atoms with Gasteiger partial charge in [-0.05, 0) is 129 Å². The van der Waals surface area contributed by atoms with Crippen molar-refractivity contribution in [3.8, 4) is 0 Å². The molecular formula is C43H71NO4Si2. The minimum atomic E-state index is -2.00. The zero-order valence-electron chi connectivity index (χ0n) is 34.0. The van der Waals surface area contributed by atoms with Crippen LogP contribution in [0.5, 0.6) is 0 Å². The summed E-state index contributed by atoms with van der Waals surface area (Å²) in [4.78, 5) is 4.57. The van der Waals surface area contributed by atoms with Crippen LogP contribution in [0.25, 0.3) is 0 Å². The van der Waals surface area contributed by atoms with Crippen LogP contribution in [0.3, 0.4) is 0 Å². The second-order valence-corrected chi connectivity index (χ2v) is 29.5. The quantitative estimate of drug-likeness (QED) is 0.192. The highest BCUT2D eigenvalue weighted by molar-refractivity contribution is 6.74. The molecular weight excluding hydrogens is 651 g/mol. The van der Waals surface area contributed by atoms with E-state index in [1.54, 1.807) is 11.8 Å². The van der Waals surface area contributed by atoms with E-state index >= 15 is 0 Å². The predicted octanol–water partition coefficient (Wildman–Crippen LogP) is 11.8. The Morgan fingerprint density at radius 2 is 1.62 bits per heavy atom. The summed E-state index contributed by atoms with van der Waals surface area (Å²) in [5, 5.41) is 11.6. The number of rotatable bonds is 10. The van der Waals surface area contributed by atoms with Crippen LogP contribution in [-0.4, -0.2) is 45.0 Å². The minimum Gasteiger partial charge on any atom is -0.448 e. The maximum Gasteiger partial charge on any atom is 0.203 e. The molecule has 0 aliphatic heterocycles. The number of fused-ring (bicyclic) bond motifs is 1. The average molecular weight is 722 g/mol. The zero-order valence-corrected chi connectivity index (χ0v) is 36.0. The van der Waals surface area contributed by atoms with Gasteiger partial charge in [0.1, 0.15) is 6.26 Å². The molecule has 0 bridgehead atoms. The van der Waals surface area contributed by atoms with Crippen molar-refractivity contribution in [1.29, 1.82) is 0 Å². The Morgan fingerprint density at radius 3 is 2.20 bits per heavy atom. The van der Waals surface area contributed by atoms with Gasteiger partial charge in [0.2, 0.25) is 5.89 Å². The van der Waals surface area contributed by atoms with Crippen molar-refractivity contribution < 1.29 is 18.4 Å².